The largest absolute Gasteiger partial charge is 0.357 e. The summed E-state index contributed by atoms with van der Waals surface area (Å²) in [6.07, 6.45) is 1.77. The molecule has 0 amide bonds. The highest BCUT2D eigenvalue weighted by molar-refractivity contribution is 7.88. The molecular formula is C14H23FN4O2S. The Morgan fingerprint density at radius 2 is 2.05 bits per heavy atom. The lowest BCUT2D eigenvalue weighted by Crippen LogP contribution is -2.38. The summed E-state index contributed by atoms with van der Waals surface area (Å²) in [6, 6.07) is 6.30. The summed E-state index contributed by atoms with van der Waals surface area (Å²) in [5.41, 5.74) is 0.788. The van der Waals surface area contributed by atoms with Crippen LogP contribution in [0.15, 0.2) is 29.3 Å². The van der Waals surface area contributed by atoms with Crippen LogP contribution in [0.5, 0.6) is 0 Å². The normalized spacial score (nSPS) is 12.2. The van der Waals surface area contributed by atoms with E-state index >= 15 is 0 Å². The van der Waals surface area contributed by atoms with Gasteiger partial charge >= 0.3 is 0 Å². The summed E-state index contributed by atoms with van der Waals surface area (Å²) >= 11 is 0. The van der Waals surface area contributed by atoms with E-state index in [4.69, 9.17) is 0 Å². The standard InChI is InChI=1S/C14H23FN4O2S/c1-3-16-14(17-8-5-9-19-22(2,20)21)18-11-12-6-4-7-13(15)10-12/h4,6-7,10,19H,3,5,8-9,11H2,1-2H3,(H2,16,17,18). The second kappa shape index (κ2) is 9.37. The molecule has 1 aromatic rings. The first kappa shape index (κ1) is 18.4. The van der Waals surface area contributed by atoms with Crippen LogP contribution in [-0.4, -0.2) is 40.3 Å². The van der Waals surface area contributed by atoms with Gasteiger partial charge in [0.15, 0.2) is 5.96 Å². The summed E-state index contributed by atoms with van der Waals surface area (Å²) in [6.45, 7) is 3.97. The molecule has 0 fully saturated rings. The molecule has 0 spiro atoms. The smallest absolute Gasteiger partial charge is 0.208 e. The molecule has 124 valence electrons. The highest BCUT2D eigenvalue weighted by Crippen LogP contribution is 2.04. The third-order valence-electron chi connectivity index (χ3n) is 2.66. The van der Waals surface area contributed by atoms with Gasteiger partial charge in [-0.05, 0) is 31.0 Å². The first-order valence-corrected chi connectivity index (χ1v) is 9.01. The van der Waals surface area contributed by atoms with Crippen LogP contribution in [0, 0.1) is 5.82 Å². The Balaban J connectivity index is 2.42. The highest BCUT2D eigenvalue weighted by atomic mass is 32.2. The second-order valence-corrected chi connectivity index (χ2v) is 6.60. The van der Waals surface area contributed by atoms with Crippen LogP contribution in [0.3, 0.4) is 0 Å². The summed E-state index contributed by atoms with van der Waals surface area (Å²) in [7, 11) is -3.14. The van der Waals surface area contributed by atoms with Gasteiger partial charge in [0.05, 0.1) is 12.8 Å². The van der Waals surface area contributed by atoms with Crippen LogP contribution in [0.2, 0.25) is 0 Å². The average Bonchev–Trinajstić information content (AvgIpc) is 2.43. The van der Waals surface area contributed by atoms with Crippen molar-refractivity contribution in [2.45, 2.75) is 19.9 Å². The molecule has 0 radical (unpaired) electrons. The van der Waals surface area contributed by atoms with Gasteiger partial charge in [0, 0.05) is 19.6 Å². The van der Waals surface area contributed by atoms with Gasteiger partial charge in [0.1, 0.15) is 5.82 Å². The molecule has 0 aliphatic heterocycles. The van der Waals surface area contributed by atoms with Gasteiger partial charge < -0.3 is 10.6 Å². The molecule has 0 saturated heterocycles. The molecule has 0 aliphatic carbocycles. The van der Waals surface area contributed by atoms with Crippen molar-refractivity contribution < 1.29 is 12.8 Å². The Bertz CT molecular complexity index is 590. The fourth-order valence-corrected chi connectivity index (χ4v) is 2.22. The third kappa shape index (κ3) is 8.58. The van der Waals surface area contributed by atoms with Crippen molar-refractivity contribution in [3.8, 4) is 0 Å². The topological polar surface area (TPSA) is 82.6 Å². The first-order chi connectivity index (χ1) is 10.4. The van der Waals surface area contributed by atoms with E-state index in [-0.39, 0.29) is 5.82 Å². The SMILES string of the molecule is CCNC(=NCc1cccc(F)c1)NCCCNS(C)(=O)=O. The molecule has 1 rings (SSSR count). The van der Waals surface area contributed by atoms with Crippen LogP contribution < -0.4 is 15.4 Å². The first-order valence-electron chi connectivity index (χ1n) is 7.12. The van der Waals surface area contributed by atoms with E-state index in [1.165, 1.54) is 12.1 Å². The van der Waals surface area contributed by atoms with Crippen molar-refractivity contribution in [2.75, 3.05) is 25.9 Å². The van der Waals surface area contributed by atoms with Crippen molar-refractivity contribution in [1.82, 2.24) is 15.4 Å². The van der Waals surface area contributed by atoms with Gasteiger partial charge in [-0.2, -0.15) is 0 Å². The van der Waals surface area contributed by atoms with Gasteiger partial charge in [0.2, 0.25) is 10.0 Å². The summed E-state index contributed by atoms with van der Waals surface area (Å²) < 4.78 is 37.3. The minimum absolute atomic E-state index is 0.280. The van der Waals surface area contributed by atoms with Gasteiger partial charge in [-0.15, -0.1) is 0 Å². The van der Waals surface area contributed by atoms with E-state index in [1.807, 2.05) is 13.0 Å². The molecule has 0 atom stereocenters. The number of nitrogens with zero attached hydrogens (tertiary/aromatic N) is 1. The molecule has 8 heteroatoms. The van der Waals surface area contributed by atoms with Crippen LogP contribution >= 0.6 is 0 Å². The zero-order valence-corrected chi connectivity index (χ0v) is 13.7. The molecular weight excluding hydrogens is 307 g/mol. The molecule has 0 bridgehead atoms. The molecule has 3 N–H and O–H groups in total. The number of benzene rings is 1. The molecule has 0 unspecified atom stereocenters. The minimum atomic E-state index is -3.14. The zero-order valence-electron chi connectivity index (χ0n) is 12.9. The Hall–Kier alpha value is -1.67. The van der Waals surface area contributed by atoms with Crippen LogP contribution in [0.25, 0.3) is 0 Å². The molecule has 22 heavy (non-hydrogen) atoms. The van der Waals surface area contributed by atoms with E-state index in [0.29, 0.717) is 38.6 Å². The fourth-order valence-electron chi connectivity index (χ4n) is 1.70. The van der Waals surface area contributed by atoms with Crippen molar-refractivity contribution in [3.63, 3.8) is 0 Å². The number of sulfonamides is 1. The van der Waals surface area contributed by atoms with E-state index in [0.717, 1.165) is 11.8 Å². The predicted octanol–water partition coefficient (Wildman–Crippen LogP) is 0.820. The Labute approximate surface area is 131 Å². The Morgan fingerprint density at radius 3 is 2.68 bits per heavy atom. The van der Waals surface area contributed by atoms with Crippen molar-refractivity contribution in [3.05, 3.63) is 35.6 Å². The van der Waals surface area contributed by atoms with Crippen molar-refractivity contribution in [2.24, 2.45) is 4.99 Å². The maximum absolute atomic E-state index is 13.1. The molecule has 0 heterocycles. The number of hydrogen-bond donors (Lipinski definition) is 3. The highest BCUT2D eigenvalue weighted by Gasteiger charge is 2.01. The number of rotatable bonds is 8. The van der Waals surface area contributed by atoms with E-state index in [9.17, 15) is 12.8 Å². The van der Waals surface area contributed by atoms with E-state index in [2.05, 4.69) is 20.3 Å². The van der Waals surface area contributed by atoms with Crippen LogP contribution in [0.1, 0.15) is 18.9 Å². The monoisotopic (exact) mass is 330 g/mol. The Morgan fingerprint density at radius 1 is 1.27 bits per heavy atom. The predicted molar refractivity (Wildman–Crippen MR) is 86.7 cm³/mol. The summed E-state index contributed by atoms with van der Waals surface area (Å²) in [5, 5.41) is 6.18. The number of hydrogen-bond acceptors (Lipinski definition) is 3. The van der Waals surface area contributed by atoms with E-state index < -0.39 is 10.0 Å². The van der Waals surface area contributed by atoms with Gasteiger partial charge in [0.25, 0.3) is 0 Å². The number of nitrogens with one attached hydrogen (secondary N) is 3. The Kier molecular flexibility index (Phi) is 7.83. The zero-order chi connectivity index (χ0) is 16.4. The average molecular weight is 330 g/mol. The second-order valence-electron chi connectivity index (χ2n) is 4.77. The quantitative estimate of drug-likeness (QED) is 0.374. The molecule has 0 saturated carbocycles. The maximum atomic E-state index is 13.1. The molecule has 0 aromatic heterocycles. The van der Waals surface area contributed by atoms with Gasteiger partial charge in [-0.3, -0.25) is 0 Å². The number of halogens is 1. The lowest BCUT2D eigenvalue weighted by atomic mass is 10.2. The van der Waals surface area contributed by atoms with E-state index in [1.54, 1.807) is 6.07 Å². The van der Waals surface area contributed by atoms with Crippen LogP contribution in [0.4, 0.5) is 4.39 Å². The third-order valence-corrected chi connectivity index (χ3v) is 3.39. The molecule has 6 nitrogen and oxygen atoms in total. The summed E-state index contributed by atoms with van der Waals surface area (Å²) in [5.74, 6) is 0.337. The van der Waals surface area contributed by atoms with Crippen molar-refractivity contribution in [1.29, 1.82) is 0 Å². The minimum Gasteiger partial charge on any atom is -0.357 e. The fraction of sp³-hybridized carbons (Fsp3) is 0.500. The lowest BCUT2D eigenvalue weighted by molar-refractivity contribution is 0.584. The van der Waals surface area contributed by atoms with Crippen LogP contribution in [-0.2, 0) is 16.6 Å². The van der Waals surface area contributed by atoms with Gasteiger partial charge in [-0.1, -0.05) is 12.1 Å². The van der Waals surface area contributed by atoms with Gasteiger partial charge in [-0.25, -0.2) is 22.5 Å². The number of guanidine groups is 1. The molecule has 1 aromatic carbocycles. The number of aliphatic imine (C=N–C) groups is 1. The maximum Gasteiger partial charge on any atom is 0.208 e. The lowest BCUT2D eigenvalue weighted by Gasteiger charge is -2.11. The van der Waals surface area contributed by atoms with Crippen molar-refractivity contribution >= 4 is 16.0 Å². The molecule has 0 aliphatic rings. The summed E-state index contributed by atoms with van der Waals surface area (Å²) in [4.78, 5) is 4.36.